The van der Waals surface area contributed by atoms with Gasteiger partial charge in [-0.25, -0.2) is 0 Å². The number of nitrogens with one attached hydrogen (secondary N) is 2. The molecule has 1 fully saturated rings. The Morgan fingerprint density at radius 3 is 3.06 bits per heavy atom. The molecule has 2 heterocycles. The fourth-order valence-electron chi connectivity index (χ4n) is 2.47. The highest BCUT2D eigenvalue weighted by Gasteiger charge is 2.16. The third-order valence-corrected chi connectivity index (χ3v) is 3.78. The van der Waals surface area contributed by atoms with E-state index in [0.717, 1.165) is 6.54 Å². The van der Waals surface area contributed by atoms with Crippen LogP contribution < -0.4 is 10.6 Å². The lowest BCUT2D eigenvalue weighted by Crippen LogP contribution is -2.33. The molecule has 0 amide bonds. The molecule has 0 spiro atoms. The fraction of sp³-hybridized carbons (Fsp3) is 0.769. The van der Waals surface area contributed by atoms with Crippen LogP contribution >= 0.6 is 0 Å². The van der Waals surface area contributed by atoms with Crippen LogP contribution in [-0.4, -0.2) is 28.4 Å². The third-order valence-electron chi connectivity index (χ3n) is 3.78. The maximum atomic E-state index is 4.26. The quantitative estimate of drug-likeness (QED) is 0.811. The fourth-order valence-corrected chi connectivity index (χ4v) is 2.47. The first-order chi connectivity index (χ1) is 8.16. The lowest BCUT2D eigenvalue weighted by Gasteiger charge is -2.18. The molecule has 2 N–H and O–H groups in total. The summed E-state index contributed by atoms with van der Waals surface area (Å²) in [5.74, 6) is 0. The average Bonchev–Trinajstić information content (AvgIpc) is 2.90. The van der Waals surface area contributed by atoms with Crippen molar-refractivity contribution in [1.29, 1.82) is 0 Å². The van der Waals surface area contributed by atoms with Crippen molar-refractivity contribution in [2.24, 2.45) is 7.05 Å². The molecular formula is C13H24N4. The normalized spacial score (nSPS) is 21.9. The van der Waals surface area contributed by atoms with Gasteiger partial charge in [0, 0.05) is 36.9 Å². The smallest absolute Gasteiger partial charge is 0.0537 e. The van der Waals surface area contributed by atoms with E-state index in [2.05, 4.69) is 29.6 Å². The first-order valence-corrected chi connectivity index (χ1v) is 6.61. The van der Waals surface area contributed by atoms with Crippen LogP contribution in [0.2, 0.25) is 0 Å². The molecule has 0 aromatic carbocycles. The molecule has 2 rings (SSSR count). The van der Waals surface area contributed by atoms with Crippen molar-refractivity contribution in [3.63, 3.8) is 0 Å². The van der Waals surface area contributed by atoms with Gasteiger partial charge in [-0.3, -0.25) is 4.68 Å². The first kappa shape index (κ1) is 12.6. The molecule has 0 radical (unpaired) electrons. The predicted octanol–water partition coefficient (Wildman–Crippen LogP) is 1.35. The van der Waals surface area contributed by atoms with Gasteiger partial charge in [-0.05, 0) is 39.7 Å². The second-order valence-corrected chi connectivity index (χ2v) is 5.19. The summed E-state index contributed by atoms with van der Waals surface area (Å²) in [4.78, 5) is 0. The molecule has 17 heavy (non-hydrogen) atoms. The van der Waals surface area contributed by atoms with Gasteiger partial charge in [0.05, 0.1) is 6.20 Å². The van der Waals surface area contributed by atoms with Gasteiger partial charge >= 0.3 is 0 Å². The minimum absolute atomic E-state index is 0.560. The number of aromatic nitrogens is 2. The topological polar surface area (TPSA) is 41.9 Å². The molecule has 1 aliphatic rings. The maximum absolute atomic E-state index is 4.26. The highest BCUT2D eigenvalue weighted by atomic mass is 15.3. The van der Waals surface area contributed by atoms with E-state index in [1.54, 1.807) is 0 Å². The van der Waals surface area contributed by atoms with Crippen LogP contribution in [0.15, 0.2) is 6.20 Å². The standard InChI is InChI=1S/C13H24N4/c1-10(7-13-5-4-6-14-13)15-8-12-9-16-17(3)11(12)2/h9-10,13-15H,4-8H2,1-3H3. The monoisotopic (exact) mass is 236 g/mol. The molecule has 4 heteroatoms. The van der Waals surface area contributed by atoms with Crippen LogP contribution in [0, 0.1) is 6.92 Å². The zero-order chi connectivity index (χ0) is 12.3. The molecule has 1 aliphatic heterocycles. The van der Waals surface area contributed by atoms with Crippen LogP contribution in [-0.2, 0) is 13.6 Å². The molecule has 96 valence electrons. The summed E-state index contributed by atoms with van der Waals surface area (Å²) in [5.41, 5.74) is 2.56. The third kappa shape index (κ3) is 3.30. The number of rotatable bonds is 5. The van der Waals surface area contributed by atoms with E-state index in [1.165, 1.54) is 37.1 Å². The Balaban J connectivity index is 1.75. The van der Waals surface area contributed by atoms with Crippen LogP contribution in [0.4, 0.5) is 0 Å². The van der Waals surface area contributed by atoms with Gasteiger partial charge in [0.2, 0.25) is 0 Å². The first-order valence-electron chi connectivity index (χ1n) is 6.61. The molecule has 4 nitrogen and oxygen atoms in total. The number of aryl methyl sites for hydroxylation is 1. The number of hydrogen-bond acceptors (Lipinski definition) is 3. The van der Waals surface area contributed by atoms with Crippen molar-refractivity contribution in [3.8, 4) is 0 Å². The molecule has 2 unspecified atom stereocenters. The Morgan fingerprint density at radius 2 is 2.47 bits per heavy atom. The Bertz CT molecular complexity index is 352. The van der Waals surface area contributed by atoms with Crippen LogP contribution in [0.3, 0.4) is 0 Å². The van der Waals surface area contributed by atoms with Gasteiger partial charge in [0.15, 0.2) is 0 Å². The molecule has 1 aromatic rings. The molecule has 1 saturated heterocycles. The lowest BCUT2D eigenvalue weighted by atomic mass is 10.1. The van der Waals surface area contributed by atoms with Gasteiger partial charge in [-0.15, -0.1) is 0 Å². The summed E-state index contributed by atoms with van der Waals surface area (Å²) in [5, 5.41) is 11.4. The van der Waals surface area contributed by atoms with Crippen LogP contribution in [0.25, 0.3) is 0 Å². The molecular weight excluding hydrogens is 212 g/mol. The van der Waals surface area contributed by atoms with Gasteiger partial charge < -0.3 is 10.6 Å². The maximum Gasteiger partial charge on any atom is 0.0537 e. The van der Waals surface area contributed by atoms with E-state index in [1.807, 2.05) is 17.9 Å². The second kappa shape index (κ2) is 5.65. The highest BCUT2D eigenvalue weighted by Crippen LogP contribution is 2.12. The van der Waals surface area contributed by atoms with Crippen LogP contribution in [0.1, 0.15) is 37.4 Å². The van der Waals surface area contributed by atoms with Crippen molar-refractivity contribution >= 4 is 0 Å². The van der Waals surface area contributed by atoms with Gasteiger partial charge in [-0.1, -0.05) is 0 Å². The molecule has 0 saturated carbocycles. The Kier molecular flexibility index (Phi) is 4.18. The minimum atomic E-state index is 0.560. The van der Waals surface area contributed by atoms with Crippen molar-refractivity contribution in [3.05, 3.63) is 17.5 Å². The summed E-state index contributed by atoms with van der Waals surface area (Å²) in [7, 11) is 1.99. The highest BCUT2D eigenvalue weighted by molar-refractivity contribution is 5.15. The lowest BCUT2D eigenvalue weighted by molar-refractivity contribution is 0.439. The van der Waals surface area contributed by atoms with Crippen molar-refractivity contribution < 1.29 is 0 Å². The summed E-state index contributed by atoms with van der Waals surface area (Å²) in [6.45, 7) is 6.51. The van der Waals surface area contributed by atoms with E-state index in [0.29, 0.717) is 12.1 Å². The van der Waals surface area contributed by atoms with Gasteiger partial charge in [-0.2, -0.15) is 5.10 Å². The Morgan fingerprint density at radius 1 is 1.65 bits per heavy atom. The van der Waals surface area contributed by atoms with E-state index < -0.39 is 0 Å². The van der Waals surface area contributed by atoms with Crippen molar-refractivity contribution in [2.45, 2.75) is 51.7 Å². The zero-order valence-corrected chi connectivity index (χ0v) is 11.2. The van der Waals surface area contributed by atoms with E-state index in [4.69, 9.17) is 0 Å². The summed E-state index contributed by atoms with van der Waals surface area (Å²) in [6.07, 6.45) is 5.85. The van der Waals surface area contributed by atoms with E-state index >= 15 is 0 Å². The van der Waals surface area contributed by atoms with Gasteiger partial charge in [0.25, 0.3) is 0 Å². The summed E-state index contributed by atoms with van der Waals surface area (Å²) < 4.78 is 1.93. The van der Waals surface area contributed by atoms with E-state index in [9.17, 15) is 0 Å². The number of nitrogens with zero attached hydrogens (tertiary/aromatic N) is 2. The largest absolute Gasteiger partial charge is 0.314 e. The Hall–Kier alpha value is -0.870. The molecule has 0 bridgehead atoms. The SMILES string of the molecule is Cc1c(CNC(C)CC2CCCN2)cnn1C. The second-order valence-electron chi connectivity index (χ2n) is 5.19. The molecule has 1 aromatic heterocycles. The summed E-state index contributed by atoms with van der Waals surface area (Å²) in [6, 6.07) is 1.28. The summed E-state index contributed by atoms with van der Waals surface area (Å²) >= 11 is 0. The average molecular weight is 236 g/mol. The zero-order valence-electron chi connectivity index (χ0n) is 11.2. The minimum Gasteiger partial charge on any atom is -0.314 e. The van der Waals surface area contributed by atoms with Crippen molar-refractivity contribution in [1.82, 2.24) is 20.4 Å². The van der Waals surface area contributed by atoms with Crippen LogP contribution in [0.5, 0.6) is 0 Å². The van der Waals surface area contributed by atoms with Gasteiger partial charge in [0.1, 0.15) is 0 Å². The van der Waals surface area contributed by atoms with E-state index in [-0.39, 0.29) is 0 Å². The molecule has 0 aliphatic carbocycles. The number of hydrogen-bond donors (Lipinski definition) is 2. The van der Waals surface area contributed by atoms with Crippen molar-refractivity contribution in [2.75, 3.05) is 6.54 Å². The molecule has 2 atom stereocenters. The predicted molar refractivity (Wildman–Crippen MR) is 69.9 cm³/mol. The Labute approximate surface area is 104 Å².